The van der Waals surface area contributed by atoms with E-state index in [4.69, 9.17) is 0 Å². The molecule has 84 valence electrons. The molecule has 0 N–H and O–H groups in total. The SMILES string of the molecule is Cn1c(=O)c2c(n(C)c1=O)=NC(=S(=O)=O)N=2. The fourth-order valence-electron chi connectivity index (χ4n) is 1.33. The van der Waals surface area contributed by atoms with Gasteiger partial charge in [0.15, 0.2) is 10.8 Å². The standard InChI is InChI=1S/C7H6N4O4S/c1-10-4-3(5(12)11(2)7(10)13)8-6(9-4)16(14)15/h1-2H3. The number of rotatable bonds is 0. The van der Waals surface area contributed by atoms with Gasteiger partial charge in [0.25, 0.3) is 21.0 Å². The fraction of sp³-hybridized carbons (Fsp3) is 0.286. The van der Waals surface area contributed by atoms with E-state index in [2.05, 4.69) is 9.98 Å². The molecule has 1 aromatic rings. The zero-order valence-electron chi connectivity index (χ0n) is 8.33. The topological polar surface area (TPSA) is 103 Å². The van der Waals surface area contributed by atoms with Gasteiger partial charge < -0.3 is 0 Å². The number of aromatic nitrogens is 2. The lowest BCUT2D eigenvalue weighted by molar-refractivity contribution is 0.626. The van der Waals surface area contributed by atoms with Crippen molar-refractivity contribution in [2.24, 2.45) is 24.1 Å². The van der Waals surface area contributed by atoms with Crippen LogP contribution in [0, 0.1) is 0 Å². The molecule has 0 spiro atoms. The minimum atomic E-state index is -2.63. The fourth-order valence-corrected chi connectivity index (χ4v) is 1.65. The van der Waals surface area contributed by atoms with Crippen LogP contribution in [-0.2, 0) is 24.4 Å². The summed E-state index contributed by atoms with van der Waals surface area (Å²) in [5.74, 6) is 0. The lowest BCUT2D eigenvalue weighted by atomic mass is 10.5. The second-order valence-electron chi connectivity index (χ2n) is 3.12. The monoisotopic (exact) mass is 242 g/mol. The largest absolute Gasteiger partial charge is 0.332 e. The second-order valence-corrected chi connectivity index (χ2v) is 3.95. The van der Waals surface area contributed by atoms with Gasteiger partial charge in [0.2, 0.25) is 0 Å². The number of fused-ring (bicyclic) bond motifs is 1. The van der Waals surface area contributed by atoms with Gasteiger partial charge in [-0.05, 0) is 0 Å². The summed E-state index contributed by atoms with van der Waals surface area (Å²) >= 11 is 0. The molecule has 0 atom stereocenters. The molecule has 1 aromatic heterocycles. The Labute approximate surface area is 89.4 Å². The van der Waals surface area contributed by atoms with E-state index in [1.165, 1.54) is 14.1 Å². The Hall–Kier alpha value is -2.03. The minimum absolute atomic E-state index is 0.0349. The van der Waals surface area contributed by atoms with Crippen LogP contribution in [0.3, 0.4) is 0 Å². The zero-order chi connectivity index (χ0) is 12.0. The van der Waals surface area contributed by atoms with Gasteiger partial charge >= 0.3 is 5.69 Å². The normalized spacial score (nSPS) is 13.0. The van der Waals surface area contributed by atoms with Crippen molar-refractivity contribution in [1.82, 2.24) is 9.13 Å². The third-order valence-electron chi connectivity index (χ3n) is 2.17. The molecule has 2 rings (SSSR count). The average Bonchev–Trinajstić information content (AvgIpc) is 2.68. The van der Waals surface area contributed by atoms with E-state index in [9.17, 15) is 18.0 Å². The van der Waals surface area contributed by atoms with Crippen molar-refractivity contribution in [2.75, 3.05) is 0 Å². The van der Waals surface area contributed by atoms with Gasteiger partial charge in [-0.2, -0.15) is 13.4 Å². The van der Waals surface area contributed by atoms with Gasteiger partial charge in [0, 0.05) is 14.1 Å². The van der Waals surface area contributed by atoms with Crippen molar-refractivity contribution >= 4 is 15.4 Å². The Morgan fingerprint density at radius 1 is 1.06 bits per heavy atom. The molecule has 8 nitrogen and oxygen atoms in total. The van der Waals surface area contributed by atoms with E-state index in [1.807, 2.05) is 0 Å². The molecule has 0 amide bonds. The summed E-state index contributed by atoms with van der Waals surface area (Å²) in [7, 11) is 0.0424. The lowest BCUT2D eigenvalue weighted by Gasteiger charge is -1.98. The zero-order valence-corrected chi connectivity index (χ0v) is 9.15. The molecule has 0 saturated carbocycles. The maximum atomic E-state index is 11.6. The molecule has 0 radical (unpaired) electrons. The Balaban J connectivity index is 3.23. The van der Waals surface area contributed by atoms with E-state index >= 15 is 0 Å². The number of nitrogens with zero attached hydrogens (tertiary/aromatic N) is 4. The average molecular weight is 242 g/mol. The Morgan fingerprint density at radius 3 is 2.25 bits per heavy atom. The highest BCUT2D eigenvalue weighted by Gasteiger charge is 2.14. The van der Waals surface area contributed by atoms with Gasteiger partial charge in [0.05, 0.1) is 0 Å². The van der Waals surface area contributed by atoms with Crippen LogP contribution >= 0.6 is 0 Å². The maximum Gasteiger partial charge on any atom is 0.332 e. The highest BCUT2D eigenvalue weighted by atomic mass is 32.2. The molecule has 0 aliphatic carbocycles. The lowest BCUT2D eigenvalue weighted by Crippen LogP contribution is -2.55. The van der Waals surface area contributed by atoms with Crippen LogP contribution in [0.5, 0.6) is 0 Å². The Kier molecular flexibility index (Phi) is 2.12. The second kappa shape index (κ2) is 3.23. The van der Waals surface area contributed by atoms with Crippen molar-refractivity contribution < 1.29 is 8.42 Å². The summed E-state index contributed by atoms with van der Waals surface area (Å²) in [6, 6.07) is 0. The van der Waals surface area contributed by atoms with Gasteiger partial charge in [-0.15, -0.1) is 0 Å². The predicted octanol–water partition coefficient (Wildman–Crippen LogP) is -3.70. The first kappa shape index (κ1) is 10.5. The summed E-state index contributed by atoms with van der Waals surface area (Å²) in [4.78, 5) is 30.2. The van der Waals surface area contributed by atoms with Crippen LogP contribution < -0.4 is 22.1 Å². The third kappa shape index (κ3) is 1.25. The molecule has 0 fully saturated rings. The summed E-state index contributed by atoms with van der Waals surface area (Å²) in [6.45, 7) is 0. The van der Waals surface area contributed by atoms with Crippen LogP contribution in [-0.4, -0.2) is 22.7 Å². The molecule has 0 unspecified atom stereocenters. The summed E-state index contributed by atoms with van der Waals surface area (Å²) in [5, 5.41) is -0.628. The molecular weight excluding hydrogens is 236 g/mol. The van der Waals surface area contributed by atoms with E-state index in [0.29, 0.717) is 0 Å². The molecule has 16 heavy (non-hydrogen) atoms. The molecule has 1 aliphatic heterocycles. The van der Waals surface area contributed by atoms with Crippen LogP contribution in [0.2, 0.25) is 0 Å². The van der Waals surface area contributed by atoms with Crippen molar-refractivity contribution in [1.29, 1.82) is 0 Å². The summed E-state index contributed by atoms with van der Waals surface area (Å²) < 4.78 is 23.2. The summed E-state index contributed by atoms with van der Waals surface area (Å²) in [5.41, 5.74) is -1.28. The van der Waals surface area contributed by atoms with Crippen LogP contribution in [0.25, 0.3) is 0 Å². The first-order chi connectivity index (χ1) is 7.43. The van der Waals surface area contributed by atoms with Crippen LogP contribution in [0.15, 0.2) is 19.6 Å². The van der Waals surface area contributed by atoms with E-state index in [-0.39, 0.29) is 10.8 Å². The third-order valence-corrected chi connectivity index (χ3v) is 2.65. The molecule has 2 heterocycles. The van der Waals surface area contributed by atoms with Crippen molar-refractivity contribution in [3.63, 3.8) is 0 Å². The van der Waals surface area contributed by atoms with Gasteiger partial charge in [-0.25, -0.2) is 9.79 Å². The molecule has 1 aliphatic rings. The Bertz CT molecular complexity index is 847. The van der Waals surface area contributed by atoms with Gasteiger partial charge in [-0.3, -0.25) is 13.9 Å². The molecule has 0 saturated heterocycles. The van der Waals surface area contributed by atoms with Crippen molar-refractivity contribution in [3.8, 4) is 0 Å². The molecule has 0 bridgehead atoms. The van der Waals surface area contributed by atoms with Crippen molar-refractivity contribution in [2.45, 2.75) is 0 Å². The first-order valence-electron chi connectivity index (χ1n) is 4.13. The van der Waals surface area contributed by atoms with E-state index in [1.54, 1.807) is 0 Å². The molecular formula is C7H6N4O4S. The van der Waals surface area contributed by atoms with E-state index in [0.717, 1.165) is 9.13 Å². The van der Waals surface area contributed by atoms with Crippen molar-refractivity contribution in [3.05, 3.63) is 31.7 Å². The van der Waals surface area contributed by atoms with E-state index < -0.39 is 26.7 Å². The number of hydrogen-bond acceptors (Lipinski definition) is 4. The Morgan fingerprint density at radius 2 is 1.69 bits per heavy atom. The first-order valence-corrected chi connectivity index (χ1v) is 5.20. The molecule has 0 aromatic carbocycles. The van der Waals surface area contributed by atoms with Gasteiger partial charge in [-0.1, -0.05) is 0 Å². The van der Waals surface area contributed by atoms with Crippen LogP contribution in [0.1, 0.15) is 0 Å². The highest BCUT2D eigenvalue weighted by Crippen LogP contribution is 1.79. The minimum Gasteiger partial charge on any atom is -0.279 e. The van der Waals surface area contributed by atoms with Gasteiger partial charge in [0.1, 0.15) is 0 Å². The highest BCUT2D eigenvalue weighted by molar-refractivity contribution is 7.72. The molecule has 9 heteroatoms. The summed E-state index contributed by atoms with van der Waals surface area (Å²) in [6.07, 6.45) is 0. The van der Waals surface area contributed by atoms with Crippen LogP contribution in [0.4, 0.5) is 0 Å². The quantitative estimate of drug-likeness (QED) is 0.437. The maximum absolute atomic E-state index is 11.6. The number of hydrogen-bond donors (Lipinski definition) is 0. The predicted molar refractivity (Wildman–Crippen MR) is 53.2 cm³/mol. The smallest absolute Gasteiger partial charge is 0.279 e.